The lowest BCUT2D eigenvalue weighted by Crippen LogP contribution is -2.42. The zero-order chi connectivity index (χ0) is 20.8. The quantitative estimate of drug-likeness (QED) is 0.202. The molecule has 3 amide bonds. The Labute approximate surface area is 171 Å². The Morgan fingerprint density at radius 1 is 1.25 bits per heavy atom. The van der Waals surface area contributed by atoms with Crippen molar-refractivity contribution >= 4 is 48.7 Å². The summed E-state index contributed by atoms with van der Waals surface area (Å²) in [7, 11) is 0. The van der Waals surface area contributed by atoms with Crippen molar-refractivity contribution in [1.82, 2.24) is 10.2 Å². The summed E-state index contributed by atoms with van der Waals surface area (Å²) in [5, 5.41) is 21.5. The van der Waals surface area contributed by atoms with E-state index < -0.39 is 34.0 Å². The van der Waals surface area contributed by atoms with Crippen LogP contribution in [0.15, 0.2) is 30.4 Å². The Balaban J connectivity index is 1.84. The Kier molecular flexibility index (Phi) is 7.61. The Morgan fingerprint density at radius 3 is 2.46 bits per heavy atom. The van der Waals surface area contributed by atoms with E-state index in [1.165, 1.54) is 12.1 Å². The molecule has 28 heavy (non-hydrogen) atoms. The zero-order valence-corrected chi connectivity index (χ0v) is 16.4. The van der Waals surface area contributed by atoms with Gasteiger partial charge in [0.15, 0.2) is 0 Å². The molecule has 11 heteroatoms. The first-order valence-corrected chi connectivity index (χ1v) is 9.33. The van der Waals surface area contributed by atoms with Crippen LogP contribution in [0, 0.1) is 10.1 Å². The van der Waals surface area contributed by atoms with E-state index in [2.05, 4.69) is 30.6 Å². The van der Waals surface area contributed by atoms with Gasteiger partial charge in [0, 0.05) is 36.4 Å². The maximum Gasteiger partial charge on any atom is 0.275 e. The number of carbonyl (C=O) groups is 3. The third-order valence-electron chi connectivity index (χ3n) is 4.13. The minimum absolute atomic E-state index is 0.0751. The third-order valence-corrected chi connectivity index (χ3v) is 5.49. The first kappa shape index (κ1) is 21.9. The molecule has 150 valence electrons. The SMILES string of the molecule is O=C(CCC(S)C(S)N1C(=O)C=CC1=O)NCc1ccc(CO)c([N+](=O)[O-])c1. The van der Waals surface area contributed by atoms with Gasteiger partial charge in [-0.1, -0.05) is 6.07 Å². The molecule has 1 aliphatic heterocycles. The second-order valence-corrected chi connectivity index (χ2v) is 7.25. The highest BCUT2D eigenvalue weighted by Crippen LogP contribution is 2.22. The smallest absolute Gasteiger partial charge is 0.275 e. The van der Waals surface area contributed by atoms with Crippen LogP contribution >= 0.6 is 25.3 Å². The van der Waals surface area contributed by atoms with Gasteiger partial charge < -0.3 is 10.4 Å². The second kappa shape index (κ2) is 9.71. The van der Waals surface area contributed by atoms with Crippen LogP contribution in [0.5, 0.6) is 0 Å². The highest BCUT2D eigenvalue weighted by Gasteiger charge is 2.32. The van der Waals surface area contributed by atoms with Crippen LogP contribution in [0.1, 0.15) is 24.0 Å². The zero-order valence-electron chi connectivity index (χ0n) is 14.6. The molecule has 0 aromatic heterocycles. The average molecular weight is 425 g/mol. The molecule has 0 saturated heterocycles. The number of carbonyl (C=O) groups excluding carboxylic acids is 3. The van der Waals surface area contributed by atoms with E-state index in [4.69, 9.17) is 5.11 Å². The number of nitro benzene ring substituents is 1. The Bertz CT molecular complexity index is 811. The molecule has 2 rings (SSSR count). The van der Waals surface area contributed by atoms with Crippen molar-refractivity contribution < 1.29 is 24.4 Å². The lowest BCUT2D eigenvalue weighted by atomic mass is 10.1. The summed E-state index contributed by atoms with van der Waals surface area (Å²) in [5.41, 5.74) is 0.500. The van der Waals surface area contributed by atoms with Crippen LogP contribution in [-0.4, -0.2) is 43.3 Å². The third kappa shape index (κ3) is 5.33. The van der Waals surface area contributed by atoms with Crippen LogP contribution in [0.25, 0.3) is 0 Å². The largest absolute Gasteiger partial charge is 0.391 e. The number of amides is 3. The summed E-state index contributed by atoms with van der Waals surface area (Å²) in [4.78, 5) is 46.7. The van der Waals surface area contributed by atoms with Gasteiger partial charge in [-0.2, -0.15) is 25.3 Å². The molecule has 1 aliphatic rings. The minimum atomic E-state index is -0.764. The minimum Gasteiger partial charge on any atom is -0.391 e. The molecule has 2 N–H and O–H groups in total. The first-order valence-electron chi connectivity index (χ1n) is 8.29. The van der Waals surface area contributed by atoms with Gasteiger partial charge in [-0.25, -0.2) is 0 Å². The summed E-state index contributed by atoms with van der Waals surface area (Å²) < 4.78 is 0. The molecule has 0 spiro atoms. The molecule has 2 atom stereocenters. The van der Waals surface area contributed by atoms with Crippen LogP contribution < -0.4 is 5.32 Å². The van der Waals surface area contributed by atoms with Crippen LogP contribution in [0.2, 0.25) is 0 Å². The second-order valence-electron chi connectivity index (χ2n) is 6.05. The predicted molar refractivity (Wildman–Crippen MR) is 107 cm³/mol. The molecular weight excluding hydrogens is 406 g/mol. The van der Waals surface area contributed by atoms with Gasteiger partial charge in [0.25, 0.3) is 17.5 Å². The molecular formula is C17H19N3O6S2. The van der Waals surface area contributed by atoms with Gasteiger partial charge in [0.1, 0.15) is 0 Å². The first-order chi connectivity index (χ1) is 13.2. The standard InChI is InChI=1S/C17H19N3O6S2/c21-9-11-2-1-10(7-12(11)20(25)26)8-18-14(22)4-3-13(27)17(28)19-15(23)5-6-16(19)24/h1-2,5-7,13,17,21,27-28H,3-4,8-9H2,(H,18,22). The summed E-state index contributed by atoms with van der Waals surface area (Å²) in [6.07, 6.45) is 2.65. The molecule has 1 aromatic carbocycles. The number of hydrogen-bond donors (Lipinski definition) is 4. The molecule has 2 unspecified atom stereocenters. The Hall–Kier alpha value is -2.37. The van der Waals surface area contributed by atoms with E-state index in [9.17, 15) is 24.5 Å². The number of imide groups is 1. The van der Waals surface area contributed by atoms with E-state index in [1.807, 2.05) is 0 Å². The van der Waals surface area contributed by atoms with Crippen LogP contribution in [0.4, 0.5) is 5.69 Å². The number of nitro groups is 1. The van der Waals surface area contributed by atoms with Crippen molar-refractivity contribution in [3.63, 3.8) is 0 Å². The summed E-state index contributed by atoms with van der Waals surface area (Å²) in [6.45, 7) is -0.366. The van der Waals surface area contributed by atoms with E-state index in [0.29, 0.717) is 5.56 Å². The van der Waals surface area contributed by atoms with Crippen molar-refractivity contribution in [2.24, 2.45) is 0 Å². The monoisotopic (exact) mass is 425 g/mol. The van der Waals surface area contributed by atoms with Gasteiger partial charge >= 0.3 is 0 Å². The number of rotatable bonds is 9. The highest BCUT2D eigenvalue weighted by atomic mass is 32.1. The number of nitrogens with one attached hydrogen (secondary N) is 1. The fourth-order valence-corrected chi connectivity index (χ4v) is 3.22. The summed E-state index contributed by atoms with van der Waals surface area (Å²) in [5.74, 6) is -1.26. The highest BCUT2D eigenvalue weighted by molar-refractivity contribution is 7.85. The number of hydrogen-bond acceptors (Lipinski definition) is 8. The molecule has 0 bridgehead atoms. The van der Waals surface area contributed by atoms with E-state index in [0.717, 1.165) is 17.1 Å². The molecule has 1 heterocycles. The molecule has 0 fully saturated rings. The van der Waals surface area contributed by atoms with Gasteiger partial charge in [-0.05, 0) is 18.1 Å². The van der Waals surface area contributed by atoms with Crippen LogP contribution in [0.3, 0.4) is 0 Å². The van der Waals surface area contributed by atoms with E-state index >= 15 is 0 Å². The van der Waals surface area contributed by atoms with Crippen molar-refractivity contribution in [3.8, 4) is 0 Å². The van der Waals surface area contributed by atoms with E-state index in [-0.39, 0.29) is 36.5 Å². The maximum absolute atomic E-state index is 12.0. The number of aliphatic hydroxyl groups is 1. The number of thiol groups is 2. The molecule has 0 radical (unpaired) electrons. The molecule has 0 saturated carbocycles. The van der Waals surface area contributed by atoms with Gasteiger partial charge in [0.05, 0.1) is 22.5 Å². The molecule has 0 aliphatic carbocycles. The van der Waals surface area contributed by atoms with Crippen molar-refractivity contribution in [2.45, 2.75) is 36.6 Å². The number of aliphatic hydroxyl groups excluding tert-OH is 1. The molecule has 9 nitrogen and oxygen atoms in total. The van der Waals surface area contributed by atoms with Gasteiger partial charge in [-0.3, -0.25) is 29.4 Å². The summed E-state index contributed by atoms with van der Waals surface area (Å²) in [6, 6.07) is 4.32. The Morgan fingerprint density at radius 2 is 1.89 bits per heavy atom. The molecule has 1 aromatic rings. The summed E-state index contributed by atoms with van der Waals surface area (Å²) >= 11 is 8.57. The van der Waals surface area contributed by atoms with Gasteiger partial charge in [0.2, 0.25) is 5.91 Å². The topological polar surface area (TPSA) is 130 Å². The van der Waals surface area contributed by atoms with Crippen LogP contribution in [-0.2, 0) is 27.5 Å². The van der Waals surface area contributed by atoms with Gasteiger partial charge in [-0.15, -0.1) is 0 Å². The predicted octanol–water partition coefficient (Wildman–Crippen LogP) is 0.963. The fourth-order valence-electron chi connectivity index (χ4n) is 2.58. The number of nitrogens with zero attached hydrogens (tertiary/aromatic N) is 2. The van der Waals surface area contributed by atoms with Crippen molar-refractivity contribution in [1.29, 1.82) is 0 Å². The average Bonchev–Trinajstić information content (AvgIpc) is 3.01. The van der Waals surface area contributed by atoms with Crippen molar-refractivity contribution in [3.05, 3.63) is 51.6 Å². The lowest BCUT2D eigenvalue weighted by Gasteiger charge is -2.26. The maximum atomic E-state index is 12.0. The van der Waals surface area contributed by atoms with Crippen molar-refractivity contribution in [2.75, 3.05) is 0 Å². The van der Waals surface area contributed by atoms with E-state index in [1.54, 1.807) is 6.07 Å². The normalized spacial score (nSPS) is 15.6. The number of benzene rings is 1. The lowest BCUT2D eigenvalue weighted by molar-refractivity contribution is -0.385. The fraction of sp³-hybridized carbons (Fsp3) is 0.353.